The van der Waals surface area contributed by atoms with E-state index in [1.54, 1.807) is 67.8 Å². The Morgan fingerprint density at radius 3 is 2.28 bits per heavy atom. The minimum Gasteiger partial charge on any atom is -0.497 e. The number of nitrogens with zero attached hydrogens (tertiary/aromatic N) is 1. The maximum absolute atomic E-state index is 13.3. The van der Waals surface area contributed by atoms with Gasteiger partial charge in [-0.25, -0.2) is 0 Å². The van der Waals surface area contributed by atoms with Crippen molar-refractivity contribution >= 4 is 23.1 Å². The number of nitrogens with one attached hydrogen (secondary N) is 1. The molecule has 0 bridgehead atoms. The number of benzene rings is 2. The molecule has 32 heavy (non-hydrogen) atoms. The van der Waals surface area contributed by atoms with Gasteiger partial charge in [-0.3, -0.25) is 14.5 Å². The summed E-state index contributed by atoms with van der Waals surface area (Å²) in [4.78, 5) is 27.8. The van der Waals surface area contributed by atoms with E-state index >= 15 is 0 Å². The summed E-state index contributed by atoms with van der Waals surface area (Å²) >= 11 is 0. The van der Waals surface area contributed by atoms with E-state index in [0.29, 0.717) is 40.7 Å². The van der Waals surface area contributed by atoms with Crippen molar-refractivity contribution in [3.8, 4) is 11.5 Å². The molecule has 3 aromatic rings. The van der Waals surface area contributed by atoms with Gasteiger partial charge in [0.15, 0.2) is 0 Å². The van der Waals surface area contributed by atoms with E-state index in [-0.39, 0.29) is 18.1 Å². The monoisotopic (exact) mass is 432 g/mol. The lowest BCUT2D eigenvalue weighted by molar-refractivity contribution is -0.137. The Balaban J connectivity index is 1.68. The standard InChI is InChI=1S/C25H24N2O5/c1-3-14-31-20-10-6-17(7-11-20)22-23(26-18-8-12-19(30-2)13-9-18)25(29)27(24(22)28)16-21-5-4-15-32-21/h4-13,15,26H,3,14,16H2,1-2H3. The molecule has 2 aromatic carbocycles. The van der Waals surface area contributed by atoms with Crippen LogP contribution in [0.3, 0.4) is 0 Å². The average molecular weight is 432 g/mol. The summed E-state index contributed by atoms with van der Waals surface area (Å²) in [6.45, 7) is 2.70. The molecule has 1 aliphatic rings. The molecule has 0 saturated heterocycles. The SMILES string of the molecule is CCCOc1ccc(C2=C(Nc3ccc(OC)cc3)C(=O)N(Cc3ccco3)C2=O)cc1. The molecule has 4 rings (SSSR count). The van der Waals surface area contributed by atoms with E-state index in [9.17, 15) is 9.59 Å². The molecule has 0 fully saturated rings. The fourth-order valence-corrected chi connectivity index (χ4v) is 3.42. The number of anilines is 1. The summed E-state index contributed by atoms with van der Waals surface area (Å²) in [5, 5.41) is 3.13. The number of furan rings is 1. The van der Waals surface area contributed by atoms with Gasteiger partial charge in [-0.15, -0.1) is 0 Å². The summed E-state index contributed by atoms with van der Waals surface area (Å²) in [6.07, 6.45) is 2.41. The Labute approximate surface area is 186 Å². The highest BCUT2D eigenvalue weighted by Crippen LogP contribution is 2.32. The molecule has 1 aliphatic heterocycles. The molecule has 0 unspecified atom stereocenters. The van der Waals surface area contributed by atoms with E-state index in [0.717, 1.165) is 6.42 Å². The molecule has 164 valence electrons. The Kier molecular flexibility index (Phi) is 6.26. The maximum atomic E-state index is 13.3. The fraction of sp³-hybridized carbons (Fsp3) is 0.200. The lowest BCUT2D eigenvalue weighted by atomic mass is 10.0. The van der Waals surface area contributed by atoms with Crippen LogP contribution in [0.2, 0.25) is 0 Å². The van der Waals surface area contributed by atoms with Crippen LogP contribution in [0.5, 0.6) is 11.5 Å². The van der Waals surface area contributed by atoms with Gasteiger partial charge in [0.25, 0.3) is 11.8 Å². The number of hydrogen-bond acceptors (Lipinski definition) is 6. The molecule has 2 amide bonds. The van der Waals surface area contributed by atoms with E-state index < -0.39 is 5.91 Å². The Morgan fingerprint density at radius 1 is 0.938 bits per heavy atom. The van der Waals surface area contributed by atoms with Gasteiger partial charge in [-0.05, 0) is 60.5 Å². The van der Waals surface area contributed by atoms with Crippen LogP contribution in [0.25, 0.3) is 5.57 Å². The molecule has 0 saturated carbocycles. The van der Waals surface area contributed by atoms with Crippen molar-refractivity contribution in [2.24, 2.45) is 0 Å². The van der Waals surface area contributed by atoms with E-state index in [1.165, 1.54) is 11.2 Å². The summed E-state index contributed by atoms with van der Waals surface area (Å²) in [6, 6.07) is 17.8. The van der Waals surface area contributed by atoms with Gasteiger partial charge in [0.05, 0.1) is 32.1 Å². The minimum atomic E-state index is -0.413. The molecule has 7 heteroatoms. The molecule has 0 spiro atoms. The highest BCUT2D eigenvalue weighted by Gasteiger charge is 2.39. The zero-order valence-electron chi connectivity index (χ0n) is 18.0. The topological polar surface area (TPSA) is 81.0 Å². The second-order valence-electron chi connectivity index (χ2n) is 7.25. The lowest BCUT2D eigenvalue weighted by Gasteiger charge is -2.13. The molecule has 1 aromatic heterocycles. The quantitative estimate of drug-likeness (QED) is 0.503. The number of hydrogen-bond donors (Lipinski definition) is 1. The summed E-state index contributed by atoms with van der Waals surface area (Å²) in [5.74, 6) is 1.14. The van der Waals surface area contributed by atoms with Crippen LogP contribution >= 0.6 is 0 Å². The largest absolute Gasteiger partial charge is 0.497 e. The second-order valence-corrected chi connectivity index (χ2v) is 7.25. The first-order chi connectivity index (χ1) is 15.6. The fourth-order valence-electron chi connectivity index (χ4n) is 3.42. The first kappa shape index (κ1) is 21.2. The molecule has 7 nitrogen and oxygen atoms in total. The van der Waals surface area contributed by atoms with Crippen LogP contribution in [0, 0.1) is 0 Å². The van der Waals surface area contributed by atoms with Gasteiger partial charge in [0, 0.05) is 5.69 Å². The molecular weight excluding hydrogens is 408 g/mol. The number of ether oxygens (including phenoxy) is 2. The van der Waals surface area contributed by atoms with Gasteiger partial charge >= 0.3 is 0 Å². The second kappa shape index (κ2) is 9.43. The van der Waals surface area contributed by atoms with Crippen LogP contribution in [-0.2, 0) is 16.1 Å². The number of amides is 2. The van der Waals surface area contributed by atoms with Crippen LogP contribution in [0.15, 0.2) is 77.0 Å². The van der Waals surface area contributed by atoms with E-state index in [2.05, 4.69) is 5.32 Å². The zero-order chi connectivity index (χ0) is 22.5. The molecule has 0 radical (unpaired) electrons. The highest BCUT2D eigenvalue weighted by molar-refractivity contribution is 6.36. The summed E-state index contributed by atoms with van der Waals surface area (Å²) < 4.78 is 16.2. The molecular formula is C25H24N2O5. The third-order valence-corrected chi connectivity index (χ3v) is 5.04. The van der Waals surface area contributed by atoms with Crippen LogP contribution in [-0.4, -0.2) is 30.4 Å². The van der Waals surface area contributed by atoms with Crippen molar-refractivity contribution in [3.05, 3.63) is 83.9 Å². The Morgan fingerprint density at radius 2 is 1.66 bits per heavy atom. The maximum Gasteiger partial charge on any atom is 0.278 e. The number of carbonyl (C=O) groups excluding carboxylic acids is 2. The smallest absolute Gasteiger partial charge is 0.278 e. The molecule has 0 aliphatic carbocycles. The van der Waals surface area contributed by atoms with Crippen molar-refractivity contribution in [1.29, 1.82) is 0 Å². The number of methoxy groups -OCH3 is 1. The first-order valence-electron chi connectivity index (χ1n) is 10.4. The number of imide groups is 1. The molecule has 2 heterocycles. The predicted octanol–water partition coefficient (Wildman–Crippen LogP) is 4.47. The normalized spacial score (nSPS) is 13.6. The average Bonchev–Trinajstić information content (AvgIpc) is 3.42. The van der Waals surface area contributed by atoms with E-state index in [4.69, 9.17) is 13.9 Å². The van der Waals surface area contributed by atoms with Crippen molar-refractivity contribution in [2.75, 3.05) is 19.0 Å². The third-order valence-electron chi connectivity index (χ3n) is 5.04. The van der Waals surface area contributed by atoms with Crippen molar-refractivity contribution in [2.45, 2.75) is 19.9 Å². The highest BCUT2D eigenvalue weighted by atomic mass is 16.5. The van der Waals surface area contributed by atoms with Gasteiger partial charge in [0.2, 0.25) is 0 Å². The zero-order valence-corrected chi connectivity index (χ0v) is 18.0. The third kappa shape index (κ3) is 4.37. The lowest BCUT2D eigenvalue weighted by Crippen LogP contribution is -2.31. The van der Waals surface area contributed by atoms with Crippen LogP contribution in [0.1, 0.15) is 24.7 Å². The first-order valence-corrected chi connectivity index (χ1v) is 10.4. The molecule has 1 N–H and O–H groups in total. The van der Waals surface area contributed by atoms with Crippen molar-refractivity contribution in [3.63, 3.8) is 0 Å². The van der Waals surface area contributed by atoms with Gasteiger partial charge in [0.1, 0.15) is 23.0 Å². The predicted molar refractivity (Wildman–Crippen MR) is 120 cm³/mol. The van der Waals surface area contributed by atoms with Gasteiger partial charge in [-0.1, -0.05) is 19.1 Å². The van der Waals surface area contributed by atoms with Crippen molar-refractivity contribution < 1.29 is 23.5 Å². The summed E-state index contributed by atoms with van der Waals surface area (Å²) in [7, 11) is 1.59. The Bertz CT molecular complexity index is 1120. The molecule has 0 atom stereocenters. The van der Waals surface area contributed by atoms with Gasteiger partial charge in [-0.2, -0.15) is 0 Å². The van der Waals surface area contributed by atoms with Crippen molar-refractivity contribution in [1.82, 2.24) is 4.90 Å². The Hall–Kier alpha value is -4.00. The summed E-state index contributed by atoms with van der Waals surface area (Å²) in [5.41, 5.74) is 1.82. The van der Waals surface area contributed by atoms with Crippen LogP contribution < -0.4 is 14.8 Å². The number of carbonyl (C=O) groups is 2. The minimum absolute atomic E-state index is 0.0552. The van der Waals surface area contributed by atoms with Crippen LogP contribution in [0.4, 0.5) is 5.69 Å². The van der Waals surface area contributed by atoms with E-state index in [1.807, 2.05) is 6.92 Å². The van der Waals surface area contributed by atoms with Gasteiger partial charge < -0.3 is 19.2 Å². The number of rotatable bonds is 9.